The summed E-state index contributed by atoms with van der Waals surface area (Å²) < 4.78 is 2.36. The maximum atomic E-state index is 5.73. The van der Waals surface area contributed by atoms with Crippen molar-refractivity contribution in [3.63, 3.8) is 0 Å². The van der Waals surface area contributed by atoms with Crippen molar-refractivity contribution in [3.8, 4) is 0 Å². The number of hydrogen-bond acceptors (Lipinski definition) is 3. The number of piperidine rings is 1. The topological polar surface area (TPSA) is 47.1 Å². The molecule has 0 atom stereocenters. The summed E-state index contributed by atoms with van der Waals surface area (Å²) >= 11 is 0. The number of rotatable bonds is 3. The molecule has 1 aromatic carbocycles. The molecule has 4 heteroatoms. The van der Waals surface area contributed by atoms with E-state index in [1.165, 1.54) is 31.5 Å². The lowest BCUT2D eigenvalue weighted by Gasteiger charge is -2.30. The van der Waals surface area contributed by atoms with Crippen molar-refractivity contribution in [2.45, 2.75) is 25.3 Å². The Morgan fingerprint density at radius 1 is 1.20 bits per heavy atom. The third-order valence-corrected chi connectivity index (χ3v) is 4.17. The lowest BCUT2D eigenvalue weighted by atomic mass is 10.0. The van der Waals surface area contributed by atoms with Crippen molar-refractivity contribution >= 4 is 5.69 Å². The minimum Gasteiger partial charge on any atom is -0.399 e. The molecule has 1 aliphatic rings. The van der Waals surface area contributed by atoms with E-state index in [0.29, 0.717) is 6.04 Å². The minimum absolute atomic E-state index is 0.595. The number of nitrogen functional groups attached to an aromatic ring is 1. The van der Waals surface area contributed by atoms with Gasteiger partial charge < -0.3 is 15.2 Å². The van der Waals surface area contributed by atoms with Gasteiger partial charge in [-0.3, -0.25) is 0 Å². The van der Waals surface area contributed by atoms with E-state index in [-0.39, 0.29) is 0 Å². The first-order valence-electron chi connectivity index (χ1n) is 7.27. The highest BCUT2D eigenvalue weighted by molar-refractivity contribution is 5.39. The van der Waals surface area contributed by atoms with Crippen molar-refractivity contribution < 1.29 is 0 Å². The Balaban J connectivity index is 1.74. The molecule has 1 aromatic heterocycles. The Morgan fingerprint density at radius 3 is 2.60 bits per heavy atom. The molecule has 2 heterocycles. The van der Waals surface area contributed by atoms with Gasteiger partial charge in [-0.25, -0.2) is 4.98 Å². The molecular weight excluding hydrogens is 248 g/mol. The van der Waals surface area contributed by atoms with E-state index in [4.69, 9.17) is 5.73 Å². The third kappa shape index (κ3) is 2.85. The summed E-state index contributed by atoms with van der Waals surface area (Å²) in [5.74, 6) is 1.16. The average molecular weight is 270 g/mol. The summed E-state index contributed by atoms with van der Waals surface area (Å²) in [5.41, 5.74) is 7.81. The molecule has 2 aromatic rings. The van der Waals surface area contributed by atoms with Gasteiger partial charge >= 0.3 is 0 Å². The molecule has 0 unspecified atom stereocenters. The van der Waals surface area contributed by atoms with E-state index in [2.05, 4.69) is 39.8 Å². The van der Waals surface area contributed by atoms with Crippen LogP contribution in [0.3, 0.4) is 0 Å². The monoisotopic (exact) mass is 270 g/mol. The smallest absolute Gasteiger partial charge is 0.113 e. The second-order valence-electron chi connectivity index (χ2n) is 5.70. The Kier molecular flexibility index (Phi) is 3.74. The number of hydrogen-bond donors (Lipinski definition) is 1. The van der Waals surface area contributed by atoms with Gasteiger partial charge in [0.1, 0.15) is 5.82 Å². The fourth-order valence-electron chi connectivity index (χ4n) is 2.90. The molecule has 0 saturated carbocycles. The zero-order valence-corrected chi connectivity index (χ0v) is 12.0. The first kappa shape index (κ1) is 13.2. The van der Waals surface area contributed by atoms with E-state index >= 15 is 0 Å². The molecule has 20 heavy (non-hydrogen) atoms. The molecule has 0 amide bonds. The molecule has 0 spiro atoms. The van der Waals surface area contributed by atoms with Gasteiger partial charge in [0.15, 0.2) is 0 Å². The summed E-state index contributed by atoms with van der Waals surface area (Å²) in [7, 11) is 2.19. The van der Waals surface area contributed by atoms with Gasteiger partial charge in [-0.15, -0.1) is 0 Å². The highest BCUT2D eigenvalue weighted by atomic mass is 15.1. The van der Waals surface area contributed by atoms with Crippen molar-refractivity contribution in [1.29, 1.82) is 0 Å². The predicted molar refractivity (Wildman–Crippen MR) is 81.7 cm³/mol. The zero-order valence-electron chi connectivity index (χ0n) is 12.0. The first-order chi connectivity index (χ1) is 9.72. The SMILES string of the molecule is CN1CCC(n2ccnc2Cc2ccc(N)cc2)CC1. The maximum Gasteiger partial charge on any atom is 0.113 e. The van der Waals surface area contributed by atoms with Gasteiger partial charge in [-0.05, 0) is 50.7 Å². The van der Waals surface area contributed by atoms with E-state index in [0.717, 1.165) is 17.9 Å². The molecule has 2 N–H and O–H groups in total. The highest BCUT2D eigenvalue weighted by Gasteiger charge is 2.20. The normalized spacial score (nSPS) is 17.4. The second kappa shape index (κ2) is 5.67. The first-order valence-corrected chi connectivity index (χ1v) is 7.27. The minimum atomic E-state index is 0.595. The quantitative estimate of drug-likeness (QED) is 0.871. The van der Waals surface area contributed by atoms with Crippen LogP contribution in [0, 0.1) is 0 Å². The standard InChI is InChI=1S/C16H22N4/c1-19-9-6-15(7-10-19)20-11-8-18-16(20)12-13-2-4-14(17)5-3-13/h2-5,8,11,15H,6-7,9-10,12,17H2,1H3. The van der Waals surface area contributed by atoms with Gasteiger partial charge in [-0.1, -0.05) is 12.1 Å². The lowest BCUT2D eigenvalue weighted by molar-refractivity contribution is 0.219. The van der Waals surface area contributed by atoms with Crippen molar-refractivity contribution in [2.24, 2.45) is 0 Å². The van der Waals surface area contributed by atoms with Gasteiger partial charge in [0.05, 0.1) is 0 Å². The fourth-order valence-corrected chi connectivity index (χ4v) is 2.90. The van der Waals surface area contributed by atoms with Crippen LogP contribution in [-0.4, -0.2) is 34.6 Å². The van der Waals surface area contributed by atoms with Crippen LogP contribution in [0.4, 0.5) is 5.69 Å². The van der Waals surface area contributed by atoms with Crippen LogP contribution in [-0.2, 0) is 6.42 Å². The Bertz CT molecular complexity index is 550. The van der Waals surface area contributed by atoms with E-state index < -0.39 is 0 Å². The van der Waals surface area contributed by atoms with Crippen molar-refractivity contribution in [2.75, 3.05) is 25.9 Å². The zero-order chi connectivity index (χ0) is 13.9. The second-order valence-corrected chi connectivity index (χ2v) is 5.70. The van der Waals surface area contributed by atoms with Crippen LogP contribution in [0.25, 0.3) is 0 Å². The van der Waals surface area contributed by atoms with Crippen LogP contribution >= 0.6 is 0 Å². The summed E-state index contributed by atoms with van der Waals surface area (Å²) in [6.07, 6.45) is 7.34. The molecule has 0 aliphatic carbocycles. The van der Waals surface area contributed by atoms with E-state index in [1.807, 2.05) is 18.3 Å². The molecule has 1 saturated heterocycles. The summed E-state index contributed by atoms with van der Waals surface area (Å²) in [6, 6.07) is 8.68. The van der Waals surface area contributed by atoms with Gasteiger partial charge in [0, 0.05) is 30.5 Å². The maximum absolute atomic E-state index is 5.73. The van der Waals surface area contributed by atoms with Crippen LogP contribution in [0.2, 0.25) is 0 Å². The number of aromatic nitrogens is 2. The number of nitrogens with zero attached hydrogens (tertiary/aromatic N) is 3. The number of likely N-dealkylation sites (tertiary alicyclic amines) is 1. The fraction of sp³-hybridized carbons (Fsp3) is 0.438. The third-order valence-electron chi connectivity index (χ3n) is 4.17. The highest BCUT2D eigenvalue weighted by Crippen LogP contribution is 2.24. The molecule has 0 radical (unpaired) electrons. The molecule has 0 bridgehead atoms. The Hall–Kier alpha value is -1.81. The summed E-state index contributed by atoms with van der Waals surface area (Å²) in [5, 5.41) is 0. The lowest BCUT2D eigenvalue weighted by Crippen LogP contribution is -2.31. The number of nitrogens with two attached hydrogens (primary N) is 1. The Morgan fingerprint density at radius 2 is 1.90 bits per heavy atom. The molecule has 4 nitrogen and oxygen atoms in total. The molecule has 3 rings (SSSR count). The van der Waals surface area contributed by atoms with Crippen LogP contribution in [0.5, 0.6) is 0 Å². The number of imidazole rings is 1. The van der Waals surface area contributed by atoms with E-state index in [1.54, 1.807) is 0 Å². The predicted octanol–water partition coefficient (Wildman–Crippen LogP) is 2.32. The van der Waals surface area contributed by atoms with Crippen LogP contribution in [0.15, 0.2) is 36.7 Å². The van der Waals surface area contributed by atoms with Gasteiger partial charge in [0.2, 0.25) is 0 Å². The molecular formula is C16H22N4. The summed E-state index contributed by atoms with van der Waals surface area (Å²) in [6.45, 7) is 2.34. The van der Waals surface area contributed by atoms with Gasteiger partial charge in [0.25, 0.3) is 0 Å². The van der Waals surface area contributed by atoms with Crippen molar-refractivity contribution in [1.82, 2.24) is 14.5 Å². The number of anilines is 1. The van der Waals surface area contributed by atoms with Crippen molar-refractivity contribution in [3.05, 3.63) is 48.0 Å². The molecule has 1 fully saturated rings. The molecule has 106 valence electrons. The summed E-state index contributed by atoms with van der Waals surface area (Å²) in [4.78, 5) is 6.94. The number of benzene rings is 1. The van der Waals surface area contributed by atoms with Gasteiger partial charge in [-0.2, -0.15) is 0 Å². The van der Waals surface area contributed by atoms with E-state index in [9.17, 15) is 0 Å². The largest absolute Gasteiger partial charge is 0.399 e. The average Bonchev–Trinajstić information content (AvgIpc) is 2.90. The Labute approximate surface area is 120 Å². The molecule has 1 aliphatic heterocycles. The van der Waals surface area contributed by atoms with Crippen LogP contribution < -0.4 is 5.73 Å². The van der Waals surface area contributed by atoms with Crippen LogP contribution in [0.1, 0.15) is 30.3 Å².